The minimum absolute atomic E-state index is 0.0915. The van der Waals surface area contributed by atoms with Gasteiger partial charge in [-0.1, -0.05) is 13.0 Å². The van der Waals surface area contributed by atoms with Crippen LogP contribution in [-0.4, -0.2) is 46.1 Å². The second-order valence-electron chi connectivity index (χ2n) is 5.24. The number of aromatic nitrogens is 2. The third-order valence-electron chi connectivity index (χ3n) is 3.86. The second kappa shape index (κ2) is 5.63. The van der Waals surface area contributed by atoms with Crippen molar-refractivity contribution in [2.45, 2.75) is 25.8 Å². The lowest BCUT2D eigenvalue weighted by Gasteiger charge is -2.33. The van der Waals surface area contributed by atoms with E-state index < -0.39 is 0 Å². The highest BCUT2D eigenvalue weighted by Gasteiger charge is 2.25. The van der Waals surface area contributed by atoms with Crippen LogP contribution >= 0.6 is 0 Å². The number of rotatable bonds is 3. The molecule has 1 aliphatic heterocycles. The highest BCUT2D eigenvalue weighted by atomic mass is 16.2. The molecule has 0 aliphatic carbocycles. The molecule has 0 bridgehead atoms. The van der Waals surface area contributed by atoms with Gasteiger partial charge in [0.2, 0.25) is 0 Å². The van der Waals surface area contributed by atoms with Crippen molar-refractivity contribution in [2.24, 2.45) is 0 Å². The molecule has 2 aromatic heterocycles. The van der Waals surface area contributed by atoms with Crippen molar-refractivity contribution in [3.8, 4) is 0 Å². The van der Waals surface area contributed by atoms with Gasteiger partial charge >= 0.3 is 0 Å². The first-order chi connectivity index (χ1) is 9.79. The number of nitrogens with zero attached hydrogens (tertiary/aromatic N) is 3. The molecule has 1 atom stereocenters. The van der Waals surface area contributed by atoms with Gasteiger partial charge in [0.25, 0.3) is 5.91 Å². The van der Waals surface area contributed by atoms with Crippen LogP contribution in [0.3, 0.4) is 0 Å². The average Bonchev–Trinajstić information content (AvgIpc) is 2.91. The number of likely N-dealkylation sites (N-methyl/N-ethyl adjacent to an activating group) is 1. The molecule has 0 saturated carbocycles. The van der Waals surface area contributed by atoms with Gasteiger partial charge in [0.1, 0.15) is 0 Å². The van der Waals surface area contributed by atoms with E-state index >= 15 is 0 Å². The van der Waals surface area contributed by atoms with Gasteiger partial charge in [-0.15, -0.1) is 0 Å². The molecule has 3 heterocycles. The van der Waals surface area contributed by atoms with Crippen LogP contribution in [-0.2, 0) is 0 Å². The Morgan fingerprint density at radius 2 is 2.40 bits per heavy atom. The van der Waals surface area contributed by atoms with Gasteiger partial charge in [-0.2, -0.15) is 5.10 Å². The van der Waals surface area contributed by atoms with Gasteiger partial charge in [0.05, 0.1) is 17.3 Å². The second-order valence-corrected chi connectivity index (χ2v) is 5.24. The quantitative estimate of drug-likeness (QED) is 0.922. The van der Waals surface area contributed by atoms with E-state index in [-0.39, 0.29) is 5.91 Å². The van der Waals surface area contributed by atoms with E-state index in [2.05, 4.69) is 17.3 Å². The van der Waals surface area contributed by atoms with Crippen molar-refractivity contribution in [3.63, 3.8) is 0 Å². The predicted octanol–water partition coefficient (Wildman–Crippen LogP) is 1.55. The number of fused-ring (bicyclic) bond motifs is 1. The van der Waals surface area contributed by atoms with E-state index in [9.17, 15) is 4.79 Å². The standard InChI is InChI=1S/C15H20N4O/c1-2-16-12-6-5-8-18(11-12)15(20)13-10-17-19-9-4-3-7-14(13)19/h3-4,7,9-10,12,16H,2,5-6,8,11H2,1H3. The van der Waals surface area contributed by atoms with E-state index in [1.54, 1.807) is 10.7 Å². The number of pyridine rings is 1. The third kappa shape index (κ3) is 2.41. The Hall–Kier alpha value is -1.88. The predicted molar refractivity (Wildman–Crippen MR) is 77.8 cm³/mol. The molecule has 20 heavy (non-hydrogen) atoms. The molecule has 5 nitrogen and oxygen atoms in total. The molecule has 1 unspecified atom stereocenters. The Morgan fingerprint density at radius 1 is 1.50 bits per heavy atom. The number of amides is 1. The molecular formula is C15H20N4O. The fourth-order valence-corrected chi connectivity index (χ4v) is 2.89. The molecule has 1 saturated heterocycles. The summed E-state index contributed by atoms with van der Waals surface area (Å²) in [7, 11) is 0. The lowest BCUT2D eigenvalue weighted by atomic mass is 10.0. The zero-order valence-corrected chi connectivity index (χ0v) is 11.7. The highest BCUT2D eigenvalue weighted by Crippen LogP contribution is 2.17. The van der Waals surface area contributed by atoms with E-state index in [1.165, 1.54) is 0 Å². The number of carbonyl (C=O) groups excluding carboxylic acids is 1. The van der Waals surface area contributed by atoms with Crippen LogP contribution in [0, 0.1) is 0 Å². The number of carbonyl (C=O) groups is 1. The van der Waals surface area contributed by atoms with Crippen molar-refractivity contribution in [1.82, 2.24) is 19.8 Å². The fourth-order valence-electron chi connectivity index (χ4n) is 2.89. The summed E-state index contributed by atoms with van der Waals surface area (Å²) in [6.45, 7) is 4.68. The van der Waals surface area contributed by atoms with Crippen molar-refractivity contribution in [2.75, 3.05) is 19.6 Å². The minimum Gasteiger partial charge on any atom is -0.337 e. The molecule has 1 amide bonds. The first-order valence-electron chi connectivity index (χ1n) is 7.24. The normalized spacial score (nSPS) is 19.4. The average molecular weight is 272 g/mol. The largest absolute Gasteiger partial charge is 0.337 e. The molecule has 1 N–H and O–H groups in total. The molecule has 0 radical (unpaired) electrons. The van der Waals surface area contributed by atoms with Gasteiger partial charge < -0.3 is 10.2 Å². The van der Waals surface area contributed by atoms with Crippen molar-refractivity contribution in [1.29, 1.82) is 0 Å². The van der Waals surface area contributed by atoms with Crippen molar-refractivity contribution >= 4 is 11.4 Å². The molecule has 0 spiro atoms. The molecule has 1 aliphatic rings. The van der Waals surface area contributed by atoms with Crippen LogP contribution < -0.4 is 5.32 Å². The monoisotopic (exact) mass is 272 g/mol. The molecule has 1 fully saturated rings. The Labute approximate surface area is 118 Å². The van der Waals surface area contributed by atoms with Gasteiger partial charge in [-0.25, -0.2) is 4.52 Å². The first-order valence-corrected chi connectivity index (χ1v) is 7.24. The smallest absolute Gasteiger partial charge is 0.257 e. The summed E-state index contributed by atoms with van der Waals surface area (Å²) in [4.78, 5) is 14.6. The third-order valence-corrected chi connectivity index (χ3v) is 3.86. The molecule has 3 rings (SSSR count). The van der Waals surface area contributed by atoms with Gasteiger partial charge in [-0.3, -0.25) is 4.79 Å². The molecule has 5 heteroatoms. The summed E-state index contributed by atoms with van der Waals surface area (Å²) >= 11 is 0. The fraction of sp³-hybridized carbons (Fsp3) is 0.467. The number of hydrogen-bond donors (Lipinski definition) is 1. The van der Waals surface area contributed by atoms with Gasteiger partial charge in [-0.05, 0) is 31.5 Å². The van der Waals surface area contributed by atoms with Crippen LogP contribution in [0.5, 0.6) is 0 Å². The van der Waals surface area contributed by atoms with Crippen LogP contribution in [0.15, 0.2) is 30.6 Å². The molecular weight excluding hydrogens is 252 g/mol. The Morgan fingerprint density at radius 3 is 3.25 bits per heavy atom. The Bertz CT molecular complexity index is 605. The van der Waals surface area contributed by atoms with Crippen LogP contribution in [0.1, 0.15) is 30.1 Å². The van der Waals surface area contributed by atoms with Gasteiger partial charge in [0, 0.05) is 25.3 Å². The summed E-state index contributed by atoms with van der Waals surface area (Å²) < 4.78 is 1.75. The Kier molecular flexibility index (Phi) is 3.69. The maximum Gasteiger partial charge on any atom is 0.257 e. The Balaban J connectivity index is 1.81. The summed E-state index contributed by atoms with van der Waals surface area (Å²) in [5, 5.41) is 7.68. The van der Waals surface area contributed by atoms with Crippen LogP contribution in [0.2, 0.25) is 0 Å². The topological polar surface area (TPSA) is 49.6 Å². The van der Waals surface area contributed by atoms with Crippen LogP contribution in [0.4, 0.5) is 0 Å². The van der Waals surface area contributed by atoms with E-state index in [0.29, 0.717) is 11.6 Å². The maximum absolute atomic E-state index is 12.7. The summed E-state index contributed by atoms with van der Waals surface area (Å²) in [6, 6.07) is 6.20. The zero-order valence-electron chi connectivity index (χ0n) is 11.7. The lowest BCUT2D eigenvalue weighted by Crippen LogP contribution is -2.47. The van der Waals surface area contributed by atoms with Crippen molar-refractivity contribution < 1.29 is 4.79 Å². The SMILES string of the molecule is CCNC1CCCN(C(=O)c2cnn3ccccc23)C1. The number of likely N-dealkylation sites (tertiary alicyclic amines) is 1. The number of piperidine rings is 1. The van der Waals surface area contributed by atoms with Crippen LogP contribution in [0.25, 0.3) is 5.52 Å². The minimum atomic E-state index is 0.0915. The van der Waals surface area contributed by atoms with Crippen molar-refractivity contribution in [3.05, 3.63) is 36.2 Å². The first kappa shape index (κ1) is 13.1. The van der Waals surface area contributed by atoms with E-state index in [1.807, 2.05) is 29.3 Å². The number of hydrogen-bond acceptors (Lipinski definition) is 3. The molecule has 0 aromatic carbocycles. The number of nitrogens with one attached hydrogen (secondary N) is 1. The van der Waals surface area contributed by atoms with Gasteiger partial charge in [0.15, 0.2) is 0 Å². The zero-order chi connectivity index (χ0) is 13.9. The summed E-state index contributed by atoms with van der Waals surface area (Å²) in [5.74, 6) is 0.0915. The van der Waals surface area contributed by atoms with E-state index in [4.69, 9.17) is 0 Å². The molecule has 106 valence electrons. The summed E-state index contributed by atoms with van der Waals surface area (Å²) in [6.07, 6.45) is 5.74. The molecule has 2 aromatic rings. The lowest BCUT2D eigenvalue weighted by molar-refractivity contribution is 0.0697. The van der Waals surface area contributed by atoms with E-state index in [0.717, 1.165) is 38.0 Å². The highest BCUT2D eigenvalue weighted by molar-refractivity contribution is 6.00. The summed E-state index contributed by atoms with van der Waals surface area (Å²) in [5.41, 5.74) is 1.57. The maximum atomic E-state index is 12.7.